The summed E-state index contributed by atoms with van der Waals surface area (Å²) in [5.41, 5.74) is 1.11. The van der Waals surface area contributed by atoms with Crippen LogP contribution in [0.3, 0.4) is 0 Å². The minimum atomic E-state index is 0.779. The van der Waals surface area contributed by atoms with Crippen molar-refractivity contribution in [1.29, 1.82) is 0 Å². The van der Waals surface area contributed by atoms with Gasteiger partial charge in [0.25, 0.3) is 0 Å². The van der Waals surface area contributed by atoms with Crippen molar-refractivity contribution in [3.05, 3.63) is 36.4 Å². The standard InChI is InChI=1S/C16H25NO/c1-4-11-17(6-3)12-8-13-18-16-10-7-9-15(5-2)14-16/h5,7,9-10,14H,2,4,6,8,11-13H2,1,3H3. The maximum atomic E-state index is 5.75. The van der Waals surface area contributed by atoms with Gasteiger partial charge in [0.15, 0.2) is 0 Å². The zero-order valence-corrected chi connectivity index (χ0v) is 11.7. The molecule has 0 amide bonds. The van der Waals surface area contributed by atoms with E-state index >= 15 is 0 Å². The van der Waals surface area contributed by atoms with Gasteiger partial charge in [-0.05, 0) is 43.6 Å². The van der Waals surface area contributed by atoms with Crippen LogP contribution >= 0.6 is 0 Å². The molecule has 0 aliphatic rings. The summed E-state index contributed by atoms with van der Waals surface area (Å²) >= 11 is 0. The number of benzene rings is 1. The van der Waals surface area contributed by atoms with Crippen LogP contribution < -0.4 is 4.74 Å². The Bertz CT molecular complexity index is 349. The molecule has 1 rings (SSSR count). The molecule has 2 nitrogen and oxygen atoms in total. The minimum Gasteiger partial charge on any atom is -0.494 e. The molecule has 1 aromatic rings. The van der Waals surface area contributed by atoms with E-state index in [2.05, 4.69) is 25.3 Å². The van der Waals surface area contributed by atoms with Crippen LogP contribution in [0.15, 0.2) is 30.8 Å². The Morgan fingerprint density at radius 2 is 2.11 bits per heavy atom. The van der Waals surface area contributed by atoms with E-state index in [1.165, 1.54) is 13.0 Å². The maximum absolute atomic E-state index is 5.75. The lowest BCUT2D eigenvalue weighted by Gasteiger charge is -2.19. The van der Waals surface area contributed by atoms with Crippen LogP contribution in [0.5, 0.6) is 5.75 Å². The van der Waals surface area contributed by atoms with E-state index < -0.39 is 0 Å². The van der Waals surface area contributed by atoms with Crippen molar-refractivity contribution in [2.24, 2.45) is 0 Å². The second kappa shape index (κ2) is 8.76. The summed E-state index contributed by atoms with van der Waals surface area (Å²) in [6.45, 7) is 12.4. The van der Waals surface area contributed by atoms with E-state index in [1.807, 2.05) is 30.3 Å². The number of hydrogen-bond donors (Lipinski definition) is 0. The first kappa shape index (κ1) is 14.8. The number of ether oxygens (including phenoxy) is 1. The lowest BCUT2D eigenvalue weighted by molar-refractivity contribution is 0.242. The third-order valence-corrected chi connectivity index (χ3v) is 2.97. The number of nitrogens with zero attached hydrogens (tertiary/aromatic N) is 1. The molecule has 0 heterocycles. The summed E-state index contributed by atoms with van der Waals surface area (Å²) in [4.78, 5) is 2.46. The first-order valence-electron chi connectivity index (χ1n) is 6.87. The highest BCUT2D eigenvalue weighted by Gasteiger charge is 2.00. The van der Waals surface area contributed by atoms with Crippen LogP contribution in [-0.2, 0) is 0 Å². The van der Waals surface area contributed by atoms with Crippen LogP contribution in [0, 0.1) is 0 Å². The van der Waals surface area contributed by atoms with E-state index in [0.29, 0.717) is 0 Å². The molecular formula is C16H25NO. The molecular weight excluding hydrogens is 222 g/mol. The highest BCUT2D eigenvalue weighted by molar-refractivity contribution is 5.49. The molecule has 0 bridgehead atoms. The molecule has 0 spiro atoms. The molecule has 0 saturated carbocycles. The SMILES string of the molecule is C=Cc1cccc(OCCCN(CC)CCC)c1. The molecule has 0 aliphatic heterocycles. The first-order chi connectivity index (χ1) is 8.80. The minimum absolute atomic E-state index is 0.779. The highest BCUT2D eigenvalue weighted by atomic mass is 16.5. The van der Waals surface area contributed by atoms with E-state index in [4.69, 9.17) is 4.74 Å². The summed E-state index contributed by atoms with van der Waals surface area (Å²) in [5, 5.41) is 0. The zero-order chi connectivity index (χ0) is 13.2. The second-order valence-corrected chi connectivity index (χ2v) is 4.41. The first-order valence-corrected chi connectivity index (χ1v) is 6.87. The lowest BCUT2D eigenvalue weighted by Crippen LogP contribution is -2.26. The number of rotatable bonds is 9. The molecule has 0 aliphatic carbocycles. The second-order valence-electron chi connectivity index (χ2n) is 4.41. The van der Waals surface area contributed by atoms with E-state index in [0.717, 1.165) is 37.4 Å². The van der Waals surface area contributed by atoms with Crippen LogP contribution in [0.25, 0.3) is 6.08 Å². The lowest BCUT2D eigenvalue weighted by atomic mass is 10.2. The Morgan fingerprint density at radius 3 is 2.78 bits per heavy atom. The number of hydrogen-bond acceptors (Lipinski definition) is 2. The van der Waals surface area contributed by atoms with Crippen molar-refractivity contribution in [2.45, 2.75) is 26.7 Å². The largest absolute Gasteiger partial charge is 0.494 e. The fraction of sp³-hybridized carbons (Fsp3) is 0.500. The molecule has 18 heavy (non-hydrogen) atoms. The molecule has 0 fully saturated rings. The topological polar surface area (TPSA) is 12.5 Å². The summed E-state index contributed by atoms with van der Waals surface area (Å²) in [7, 11) is 0. The summed E-state index contributed by atoms with van der Waals surface area (Å²) in [5.74, 6) is 0.936. The van der Waals surface area contributed by atoms with Gasteiger partial charge in [0.05, 0.1) is 6.61 Å². The van der Waals surface area contributed by atoms with Crippen molar-refractivity contribution in [1.82, 2.24) is 4.90 Å². The van der Waals surface area contributed by atoms with E-state index in [-0.39, 0.29) is 0 Å². The van der Waals surface area contributed by atoms with Gasteiger partial charge in [-0.2, -0.15) is 0 Å². The van der Waals surface area contributed by atoms with Gasteiger partial charge in [-0.3, -0.25) is 0 Å². The average molecular weight is 247 g/mol. The Morgan fingerprint density at radius 1 is 1.28 bits per heavy atom. The average Bonchev–Trinajstić information content (AvgIpc) is 2.42. The van der Waals surface area contributed by atoms with Gasteiger partial charge < -0.3 is 9.64 Å². The van der Waals surface area contributed by atoms with Gasteiger partial charge in [-0.1, -0.05) is 38.6 Å². The van der Waals surface area contributed by atoms with E-state index in [1.54, 1.807) is 0 Å². The van der Waals surface area contributed by atoms with Crippen LogP contribution in [0.4, 0.5) is 0 Å². The molecule has 0 saturated heterocycles. The fourth-order valence-corrected chi connectivity index (χ4v) is 1.95. The van der Waals surface area contributed by atoms with Crippen molar-refractivity contribution >= 4 is 6.08 Å². The Hall–Kier alpha value is -1.28. The highest BCUT2D eigenvalue weighted by Crippen LogP contribution is 2.14. The van der Waals surface area contributed by atoms with Crippen LogP contribution in [0.1, 0.15) is 32.3 Å². The Balaban J connectivity index is 2.26. The molecule has 0 aromatic heterocycles. The predicted octanol–water partition coefficient (Wildman–Crippen LogP) is 3.83. The third kappa shape index (κ3) is 5.37. The summed E-state index contributed by atoms with van der Waals surface area (Å²) < 4.78 is 5.75. The molecule has 1 aromatic carbocycles. The van der Waals surface area contributed by atoms with Crippen LogP contribution in [0.2, 0.25) is 0 Å². The monoisotopic (exact) mass is 247 g/mol. The molecule has 0 atom stereocenters. The van der Waals surface area contributed by atoms with Gasteiger partial charge in [0.2, 0.25) is 0 Å². The van der Waals surface area contributed by atoms with Crippen molar-refractivity contribution in [3.63, 3.8) is 0 Å². The molecule has 2 heteroatoms. The quantitative estimate of drug-likeness (QED) is 0.615. The van der Waals surface area contributed by atoms with E-state index in [9.17, 15) is 0 Å². The van der Waals surface area contributed by atoms with Crippen molar-refractivity contribution < 1.29 is 4.74 Å². The molecule has 0 unspecified atom stereocenters. The van der Waals surface area contributed by atoms with Crippen molar-refractivity contribution in [2.75, 3.05) is 26.2 Å². The molecule has 100 valence electrons. The predicted molar refractivity (Wildman–Crippen MR) is 79.1 cm³/mol. The normalized spacial score (nSPS) is 10.6. The molecule has 0 radical (unpaired) electrons. The zero-order valence-electron chi connectivity index (χ0n) is 11.7. The smallest absolute Gasteiger partial charge is 0.119 e. The van der Waals surface area contributed by atoms with Gasteiger partial charge in [0, 0.05) is 6.54 Å². The maximum Gasteiger partial charge on any atom is 0.119 e. The Labute approximate surface area is 111 Å². The van der Waals surface area contributed by atoms with Crippen molar-refractivity contribution in [3.8, 4) is 5.75 Å². The van der Waals surface area contributed by atoms with Gasteiger partial charge >= 0.3 is 0 Å². The molecule has 0 N–H and O–H groups in total. The van der Waals surface area contributed by atoms with Crippen LogP contribution in [-0.4, -0.2) is 31.1 Å². The third-order valence-electron chi connectivity index (χ3n) is 2.97. The Kier molecular flexibility index (Phi) is 7.19. The summed E-state index contributed by atoms with van der Waals surface area (Å²) in [6.07, 6.45) is 4.13. The van der Waals surface area contributed by atoms with Gasteiger partial charge in [-0.15, -0.1) is 0 Å². The summed E-state index contributed by atoms with van der Waals surface area (Å²) in [6, 6.07) is 8.05. The van der Waals surface area contributed by atoms with Gasteiger partial charge in [0.1, 0.15) is 5.75 Å². The fourth-order valence-electron chi connectivity index (χ4n) is 1.95. The van der Waals surface area contributed by atoms with Gasteiger partial charge in [-0.25, -0.2) is 0 Å².